The van der Waals surface area contributed by atoms with Gasteiger partial charge in [-0.1, -0.05) is 11.3 Å². The molecular formula is C8H9N5OS. The van der Waals surface area contributed by atoms with Crippen molar-refractivity contribution in [2.24, 2.45) is 0 Å². The van der Waals surface area contributed by atoms with Gasteiger partial charge in [-0.2, -0.15) is 5.10 Å². The maximum absolute atomic E-state index is 11.1. The Kier molecular flexibility index (Phi) is 2.38. The Morgan fingerprint density at radius 2 is 2.47 bits per heavy atom. The minimum Gasteiger partial charge on any atom is -0.382 e. The third kappa shape index (κ3) is 1.96. The van der Waals surface area contributed by atoms with E-state index >= 15 is 0 Å². The van der Waals surface area contributed by atoms with E-state index in [-0.39, 0.29) is 11.6 Å². The number of carbonyl (C=O) groups is 1. The minimum absolute atomic E-state index is 0.0785. The van der Waals surface area contributed by atoms with Crippen molar-refractivity contribution in [3.63, 3.8) is 0 Å². The van der Waals surface area contributed by atoms with Crippen LogP contribution in [0.1, 0.15) is 16.6 Å². The molecule has 2 rings (SSSR count). The second-order valence-electron chi connectivity index (χ2n) is 2.90. The Hall–Kier alpha value is -1.89. The fourth-order valence-corrected chi connectivity index (χ4v) is 1.88. The molecule has 0 saturated carbocycles. The first-order valence-electron chi connectivity index (χ1n) is 4.20. The molecule has 0 aliphatic heterocycles. The molecule has 2 aromatic rings. The van der Waals surface area contributed by atoms with E-state index in [0.717, 1.165) is 5.69 Å². The number of nitrogens with one attached hydrogen (secondary N) is 2. The van der Waals surface area contributed by atoms with Crippen molar-refractivity contribution in [3.05, 3.63) is 17.3 Å². The Morgan fingerprint density at radius 3 is 3.00 bits per heavy atom. The van der Waals surface area contributed by atoms with Gasteiger partial charge in [0.15, 0.2) is 10.9 Å². The van der Waals surface area contributed by atoms with Crippen LogP contribution in [0.25, 0.3) is 0 Å². The van der Waals surface area contributed by atoms with Gasteiger partial charge in [-0.25, -0.2) is 4.98 Å². The summed E-state index contributed by atoms with van der Waals surface area (Å²) < 4.78 is 0. The lowest BCUT2D eigenvalue weighted by Gasteiger charge is -1.94. The van der Waals surface area contributed by atoms with Gasteiger partial charge >= 0.3 is 0 Å². The number of nitrogens with zero attached hydrogens (tertiary/aromatic N) is 2. The zero-order chi connectivity index (χ0) is 10.8. The Labute approximate surface area is 89.5 Å². The number of H-pyrrole nitrogens is 1. The summed E-state index contributed by atoms with van der Waals surface area (Å²) in [5.41, 5.74) is 6.36. The van der Waals surface area contributed by atoms with Crippen LogP contribution >= 0.6 is 11.3 Å². The van der Waals surface area contributed by atoms with E-state index in [0.29, 0.717) is 10.0 Å². The van der Waals surface area contributed by atoms with Crippen LogP contribution in [0.3, 0.4) is 0 Å². The second kappa shape index (κ2) is 3.70. The summed E-state index contributed by atoms with van der Waals surface area (Å²) in [7, 11) is 0. The third-order valence-electron chi connectivity index (χ3n) is 1.72. The first kappa shape index (κ1) is 9.66. The van der Waals surface area contributed by atoms with Crippen molar-refractivity contribution in [3.8, 4) is 0 Å². The summed E-state index contributed by atoms with van der Waals surface area (Å²) in [4.78, 5) is 15.6. The van der Waals surface area contributed by atoms with Crippen LogP contribution in [0.2, 0.25) is 0 Å². The molecule has 2 heterocycles. The number of rotatable bonds is 3. The van der Waals surface area contributed by atoms with Crippen LogP contribution in [0.15, 0.2) is 12.4 Å². The van der Waals surface area contributed by atoms with Crippen LogP contribution in [0.4, 0.5) is 16.6 Å². The molecule has 6 nitrogen and oxygen atoms in total. The standard InChI is InChI=1S/C8H9N5OS/c1-4(14)6-7(9)13-8(15-6)12-5-2-10-11-3-5/h2-3H,9H2,1H3,(H,10,11)(H,12,13). The van der Waals surface area contributed by atoms with Crippen LogP contribution in [0, 0.1) is 0 Å². The summed E-state index contributed by atoms with van der Waals surface area (Å²) in [5.74, 6) is 0.184. The lowest BCUT2D eigenvalue weighted by atomic mass is 10.4. The number of Topliss-reactive ketones (excluding diaryl/α,β-unsaturated/α-hetero) is 1. The van der Waals surface area contributed by atoms with E-state index in [4.69, 9.17) is 5.73 Å². The molecule has 78 valence electrons. The van der Waals surface area contributed by atoms with Crippen LogP contribution in [0.5, 0.6) is 0 Å². The molecule has 7 heteroatoms. The van der Waals surface area contributed by atoms with Crippen molar-refractivity contribution in [2.45, 2.75) is 6.92 Å². The van der Waals surface area contributed by atoms with Gasteiger partial charge in [-0.05, 0) is 0 Å². The Morgan fingerprint density at radius 1 is 1.67 bits per heavy atom. The number of hydrogen-bond acceptors (Lipinski definition) is 6. The number of ketones is 1. The van der Waals surface area contributed by atoms with E-state index in [1.807, 2.05) is 0 Å². The highest BCUT2D eigenvalue weighted by Gasteiger charge is 2.12. The number of aromatic amines is 1. The Balaban J connectivity index is 2.23. The number of nitrogens with two attached hydrogens (primary N) is 1. The van der Waals surface area contributed by atoms with Gasteiger partial charge in [0.05, 0.1) is 11.9 Å². The topological polar surface area (TPSA) is 96.7 Å². The molecule has 0 fully saturated rings. The SMILES string of the molecule is CC(=O)c1sc(Nc2cn[nH]c2)nc1N. The fourth-order valence-electron chi connectivity index (χ4n) is 1.08. The highest BCUT2D eigenvalue weighted by Crippen LogP contribution is 2.27. The fraction of sp³-hybridized carbons (Fsp3) is 0.125. The van der Waals surface area contributed by atoms with E-state index < -0.39 is 0 Å². The number of hydrogen-bond donors (Lipinski definition) is 3. The van der Waals surface area contributed by atoms with Crippen molar-refractivity contribution in [2.75, 3.05) is 11.1 Å². The Bertz CT molecular complexity index is 475. The average molecular weight is 223 g/mol. The molecular weight excluding hydrogens is 214 g/mol. The zero-order valence-corrected chi connectivity index (χ0v) is 8.76. The zero-order valence-electron chi connectivity index (χ0n) is 7.94. The monoisotopic (exact) mass is 223 g/mol. The molecule has 0 saturated heterocycles. The molecule has 0 radical (unpaired) electrons. The van der Waals surface area contributed by atoms with Crippen molar-refractivity contribution in [1.29, 1.82) is 0 Å². The first-order valence-corrected chi connectivity index (χ1v) is 5.01. The molecule has 0 aromatic carbocycles. The summed E-state index contributed by atoms with van der Waals surface area (Å²) in [5, 5.41) is 10.00. The van der Waals surface area contributed by atoms with Crippen molar-refractivity contribution < 1.29 is 4.79 Å². The van der Waals surface area contributed by atoms with E-state index in [1.54, 1.807) is 12.4 Å². The number of thiazole rings is 1. The lowest BCUT2D eigenvalue weighted by molar-refractivity contribution is 0.102. The number of anilines is 3. The van der Waals surface area contributed by atoms with E-state index in [1.165, 1.54) is 18.3 Å². The van der Waals surface area contributed by atoms with Gasteiger partial charge in [-0.3, -0.25) is 9.89 Å². The molecule has 0 amide bonds. The van der Waals surface area contributed by atoms with Gasteiger partial charge in [0.2, 0.25) is 0 Å². The van der Waals surface area contributed by atoms with Gasteiger partial charge in [0, 0.05) is 13.1 Å². The quantitative estimate of drug-likeness (QED) is 0.683. The van der Waals surface area contributed by atoms with Gasteiger partial charge < -0.3 is 11.1 Å². The maximum Gasteiger partial charge on any atom is 0.189 e. The predicted molar refractivity (Wildman–Crippen MR) is 58.4 cm³/mol. The molecule has 0 spiro atoms. The number of carbonyl (C=O) groups excluding carboxylic acids is 1. The highest BCUT2D eigenvalue weighted by atomic mass is 32.1. The minimum atomic E-state index is -0.0785. The predicted octanol–water partition coefficient (Wildman–Crippen LogP) is 1.39. The van der Waals surface area contributed by atoms with Crippen LogP contribution in [-0.4, -0.2) is 21.0 Å². The molecule has 0 unspecified atom stereocenters. The number of nitrogen functional groups attached to an aromatic ring is 1. The molecule has 15 heavy (non-hydrogen) atoms. The normalized spacial score (nSPS) is 10.2. The van der Waals surface area contributed by atoms with Gasteiger partial charge in [0.1, 0.15) is 10.7 Å². The summed E-state index contributed by atoms with van der Waals surface area (Å²) in [6.07, 6.45) is 3.30. The van der Waals surface area contributed by atoms with Gasteiger partial charge in [-0.15, -0.1) is 0 Å². The maximum atomic E-state index is 11.1. The summed E-state index contributed by atoms with van der Waals surface area (Å²) in [6.45, 7) is 1.46. The van der Waals surface area contributed by atoms with Crippen molar-refractivity contribution >= 4 is 33.8 Å². The van der Waals surface area contributed by atoms with Crippen molar-refractivity contribution in [1.82, 2.24) is 15.2 Å². The molecule has 0 bridgehead atoms. The van der Waals surface area contributed by atoms with Crippen LogP contribution < -0.4 is 11.1 Å². The highest BCUT2D eigenvalue weighted by molar-refractivity contribution is 7.18. The largest absolute Gasteiger partial charge is 0.382 e. The molecule has 2 aromatic heterocycles. The second-order valence-corrected chi connectivity index (χ2v) is 3.90. The molecule has 0 atom stereocenters. The van der Waals surface area contributed by atoms with E-state index in [9.17, 15) is 4.79 Å². The average Bonchev–Trinajstić information content (AvgIpc) is 2.75. The third-order valence-corrected chi connectivity index (χ3v) is 2.81. The van der Waals surface area contributed by atoms with E-state index in [2.05, 4.69) is 20.5 Å². The molecule has 0 aliphatic rings. The first-order chi connectivity index (χ1) is 7.16. The lowest BCUT2D eigenvalue weighted by Crippen LogP contribution is -1.95. The molecule has 4 N–H and O–H groups in total. The summed E-state index contributed by atoms with van der Waals surface area (Å²) in [6, 6.07) is 0. The number of aromatic nitrogens is 3. The van der Waals surface area contributed by atoms with Gasteiger partial charge in [0.25, 0.3) is 0 Å². The molecule has 0 aliphatic carbocycles. The van der Waals surface area contributed by atoms with Crippen LogP contribution in [-0.2, 0) is 0 Å². The summed E-state index contributed by atoms with van der Waals surface area (Å²) >= 11 is 1.23. The smallest absolute Gasteiger partial charge is 0.189 e.